The standard InChI is InChI=1S/C20H30N6O/c1-14-11-19(21-2)26-20(24-14)25-17-7-8-18(27-3)15(12-17)13-22-9-10-23-16-5-4-6-16/h7-8,11-12,16,22-23H,4-6,9-10,13H2,1-3H3,(H2,21,24,25,26). The fourth-order valence-corrected chi connectivity index (χ4v) is 3.08. The van der Waals surface area contributed by atoms with Crippen LogP contribution in [0.2, 0.25) is 0 Å². The van der Waals surface area contributed by atoms with E-state index in [9.17, 15) is 0 Å². The van der Waals surface area contributed by atoms with E-state index in [-0.39, 0.29) is 0 Å². The smallest absolute Gasteiger partial charge is 0.229 e. The van der Waals surface area contributed by atoms with Gasteiger partial charge in [-0.3, -0.25) is 0 Å². The zero-order valence-electron chi connectivity index (χ0n) is 16.4. The van der Waals surface area contributed by atoms with E-state index in [1.165, 1.54) is 19.3 Å². The lowest BCUT2D eigenvalue weighted by Crippen LogP contribution is -2.39. The van der Waals surface area contributed by atoms with Crippen molar-refractivity contribution in [2.24, 2.45) is 0 Å². The summed E-state index contributed by atoms with van der Waals surface area (Å²) in [7, 11) is 3.55. The lowest BCUT2D eigenvalue weighted by Gasteiger charge is -2.26. The quantitative estimate of drug-likeness (QED) is 0.479. The largest absolute Gasteiger partial charge is 0.496 e. The molecular weight excluding hydrogens is 340 g/mol. The Morgan fingerprint density at radius 3 is 2.70 bits per heavy atom. The molecule has 0 spiro atoms. The van der Waals surface area contributed by atoms with E-state index in [1.807, 2.05) is 32.2 Å². The number of nitrogens with one attached hydrogen (secondary N) is 4. The van der Waals surface area contributed by atoms with E-state index in [0.717, 1.165) is 54.2 Å². The molecule has 1 aromatic heterocycles. The fourth-order valence-electron chi connectivity index (χ4n) is 3.08. The number of hydrogen-bond donors (Lipinski definition) is 4. The maximum Gasteiger partial charge on any atom is 0.229 e. The summed E-state index contributed by atoms with van der Waals surface area (Å²) in [6.07, 6.45) is 4.00. The molecule has 1 saturated carbocycles. The third kappa shape index (κ3) is 5.55. The Bertz CT molecular complexity index is 747. The minimum absolute atomic E-state index is 0.577. The number of nitrogens with zero attached hydrogens (tertiary/aromatic N) is 2. The van der Waals surface area contributed by atoms with Crippen molar-refractivity contribution in [1.82, 2.24) is 20.6 Å². The normalized spacial score (nSPS) is 13.9. The van der Waals surface area contributed by atoms with E-state index in [0.29, 0.717) is 5.95 Å². The van der Waals surface area contributed by atoms with Gasteiger partial charge < -0.3 is 26.0 Å². The molecule has 146 valence electrons. The first-order valence-electron chi connectivity index (χ1n) is 9.59. The average molecular weight is 371 g/mol. The first-order valence-corrected chi connectivity index (χ1v) is 9.59. The van der Waals surface area contributed by atoms with E-state index >= 15 is 0 Å². The fraction of sp³-hybridized carbons (Fsp3) is 0.500. The average Bonchev–Trinajstić information content (AvgIpc) is 2.62. The highest BCUT2D eigenvalue weighted by molar-refractivity contribution is 5.58. The molecule has 0 amide bonds. The summed E-state index contributed by atoms with van der Waals surface area (Å²) in [6.45, 7) is 4.63. The second-order valence-electron chi connectivity index (χ2n) is 6.88. The van der Waals surface area contributed by atoms with Crippen molar-refractivity contribution < 1.29 is 4.74 Å². The van der Waals surface area contributed by atoms with Crippen molar-refractivity contribution in [2.75, 3.05) is 37.9 Å². The molecule has 1 aromatic carbocycles. The van der Waals surface area contributed by atoms with E-state index in [2.05, 4.69) is 37.3 Å². The lowest BCUT2D eigenvalue weighted by atomic mass is 9.93. The van der Waals surface area contributed by atoms with Gasteiger partial charge in [-0.1, -0.05) is 6.42 Å². The molecule has 1 fully saturated rings. The number of benzene rings is 1. The van der Waals surface area contributed by atoms with Crippen LogP contribution in [0.15, 0.2) is 24.3 Å². The summed E-state index contributed by atoms with van der Waals surface area (Å²) >= 11 is 0. The van der Waals surface area contributed by atoms with Crippen molar-refractivity contribution in [2.45, 2.75) is 38.8 Å². The molecule has 0 saturated heterocycles. The van der Waals surface area contributed by atoms with Gasteiger partial charge in [-0.15, -0.1) is 0 Å². The second kappa shape index (κ2) is 9.53. The van der Waals surface area contributed by atoms with Crippen molar-refractivity contribution in [1.29, 1.82) is 0 Å². The first-order chi connectivity index (χ1) is 13.2. The highest BCUT2D eigenvalue weighted by Crippen LogP contribution is 2.24. The molecule has 0 atom stereocenters. The number of aromatic nitrogens is 2. The van der Waals surface area contributed by atoms with Crippen LogP contribution in [0.1, 0.15) is 30.5 Å². The van der Waals surface area contributed by atoms with Gasteiger partial charge in [-0.05, 0) is 38.0 Å². The molecule has 1 aliphatic rings. The van der Waals surface area contributed by atoms with Gasteiger partial charge in [0, 0.05) is 55.7 Å². The third-order valence-corrected chi connectivity index (χ3v) is 4.80. The summed E-state index contributed by atoms with van der Waals surface area (Å²) in [6, 6.07) is 8.67. The lowest BCUT2D eigenvalue weighted by molar-refractivity contribution is 0.339. The van der Waals surface area contributed by atoms with Crippen LogP contribution in [-0.4, -0.2) is 43.3 Å². The van der Waals surface area contributed by atoms with Crippen molar-refractivity contribution in [3.8, 4) is 5.75 Å². The number of aryl methyl sites for hydroxylation is 1. The highest BCUT2D eigenvalue weighted by Gasteiger charge is 2.15. The Labute approximate surface area is 161 Å². The Kier molecular flexibility index (Phi) is 6.84. The Morgan fingerprint density at radius 2 is 2.00 bits per heavy atom. The summed E-state index contributed by atoms with van der Waals surface area (Å²) in [5.41, 5.74) is 2.95. The van der Waals surface area contributed by atoms with Crippen LogP contribution in [0.4, 0.5) is 17.5 Å². The predicted octanol–water partition coefficient (Wildman–Crippen LogP) is 2.81. The number of anilines is 3. The summed E-state index contributed by atoms with van der Waals surface area (Å²) in [5, 5.41) is 13.4. The molecule has 0 aliphatic heterocycles. The number of rotatable bonds is 10. The Balaban J connectivity index is 1.59. The van der Waals surface area contributed by atoms with Crippen LogP contribution in [-0.2, 0) is 6.54 Å². The van der Waals surface area contributed by atoms with Gasteiger partial charge in [-0.25, -0.2) is 4.98 Å². The van der Waals surface area contributed by atoms with E-state index in [4.69, 9.17) is 4.74 Å². The Morgan fingerprint density at radius 1 is 1.15 bits per heavy atom. The van der Waals surface area contributed by atoms with Gasteiger partial charge in [0.1, 0.15) is 11.6 Å². The van der Waals surface area contributed by atoms with Crippen LogP contribution in [0.5, 0.6) is 5.75 Å². The van der Waals surface area contributed by atoms with Crippen LogP contribution < -0.4 is 26.0 Å². The molecule has 1 heterocycles. The van der Waals surface area contributed by atoms with Gasteiger partial charge in [0.05, 0.1) is 7.11 Å². The summed E-state index contributed by atoms with van der Waals surface area (Å²) in [4.78, 5) is 8.90. The SMILES string of the molecule is CNc1cc(C)nc(Nc2ccc(OC)c(CNCCNC3CCC3)c2)n1. The third-order valence-electron chi connectivity index (χ3n) is 4.80. The van der Waals surface area contributed by atoms with Gasteiger partial charge >= 0.3 is 0 Å². The molecule has 0 bridgehead atoms. The molecule has 7 heteroatoms. The van der Waals surface area contributed by atoms with Gasteiger partial charge in [0.2, 0.25) is 5.95 Å². The predicted molar refractivity (Wildman–Crippen MR) is 110 cm³/mol. The number of ether oxygens (including phenoxy) is 1. The van der Waals surface area contributed by atoms with Gasteiger partial charge in [0.25, 0.3) is 0 Å². The Hall–Kier alpha value is -2.38. The molecule has 0 radical (unpaired) electrons. The number of hydrogen-bond acceptors (Lipinski definition) is 7. The maximum absolute atomic E-state index is 5.50. The minimum Gasteiger partial charge on any atom is -0.496 e. The number of methoxy groups -OCH3 is 1. The molecular formula is C20H30N6O. The molecule has 4 N–H and O–H groups in total. The van der Waals surface area contributed by atoms with Crippen molar-refractivity contribution in [3.05, 3.63) is 35.5 Å². The van der Waals surface area contributed by atoms with Crippen LogP contribution >= 0.6 is 0 Å². The molecule has 27 heavy (non-hydrogen) atoms. The summed E-state index contributed by atoms with van der Waals surface area (Å²) in [5.74, 6) is 2.24. The molecule has 3 rings (SSSR count). The maximum atomic E-state index is 5.50. The van der Waals surface area contributed by atoms with Crippen molar-refractivity contribution >= 4 is 17.5 Å². The van der Waals surface area contributed by atoms with Crippen LogP contribution in [0.3, 0.4) is 0 Å². The zero-order chi connectivity index (χ0) is 19.1. The highest BCUT2D eigenvalue weighted by atomic mass is 16.5. The van der Waals surface area contributed by atoms with Crippen LogP contribution in [0.25, 0.3) is 0 Å². The zero-order valence-corrected chi connectivity index (χ0v) is 16.4. The van der Waals surface area contributed by atoms with E-state index < -0.39 is 0 Å². The monoisotopic (exact) mass is 370 g/mol. The molecule has 2 aromatic rings. The molecule has 0 unspecified atom stereocenters. The van der Waals surface area contributed by atoms with Crippen LogP contribution in [0, 0.1) is 6.92 Å². The first kappa shape index (κ1) is 19.4. The molecule has 7 nitrogen and oxygen atoms in total. The second-order valence-corrected chi connectivity index (χ2v) is 6.88. The summed E-state index contributed by atoms with van der Waals surface area (Å²) < 4.78 is 5.50. The van der Waals surface area contributed by atoms with Gasteiger partial charge in [0.15, 0.2) is 0 Å². The minimum atomic E-state index is 0.577. The molecule has 1 aliphatic carbocycles. The topological polar surface area (TPSA) is 83.1 Å². The van der Waals surface area contributed by atoms with Gasteiger partial charge in [-0.2, -0.15) is 4.98 Å². The van der Waals surface area contributed by atoms with E-state index in [1.54, 1.807) is 7.11 Å². The van der Waals surface area contributed by atoms with Crippen molar-refractivity contribution in [3.63, 3.8) is 0 Å².